The SMILES string of the molecule is Cc1cccc(C(N)COc2ccccc2)c1C. The largest absolute Gasteiger partial charge is 0.492 e. The molecule has 1 unspecified atom stereocenters. The maximum absolute atomic E-state index is 6.19. The van der Waals surface area contributed by atoms with Crippen LogP contribution in [0.1, 0.15) is 22.7 Å². The van der Waals surface area contributed by atoms with Gasteiger partial charge in [0.15, 0.2) is 0 Å². The molecule has 0 saturated heterocycles. The number of benzene rings is 2. The van der Waals surface area contributed by atoms with E-state index in [0.717, 1.165) is 11.3 Å². The summed E-state index contributed by atoms with van der Waals surface area (Å²) in [5.41, 5.74) is 9.86. The van der Waals surface area contributed by atoms with E-state index < -0.39 is 0 Å². The molecule has 0 spiro atoms. The summed E-state index contributed by atoms with van der Waals surface area (Å²) in [6, 6.07) is 15.9. The van der Waals surface area contributed by atoms with Crippen LogP contribution in [0, 0.1) is 13.8 Å². The Morgan fingerprint density at radius 2 is 1.72 bits per heavy atom. The second-order valence-electron chi connectivity index (χ2n) is 4.52. The van der Waals surface area contributed by atoms with Crippen LogP contribution < -0.4 is 10.5 Å². The molecule has 0 aliphatic carbocycles. The first-order chi connectivity index (χ1) is 8.68. The van der Waals surface area contributed by atoms with Crippen molar-refractivity contribution in [3.63, 3.8) is 0 Å². The highest BCUT2D eigenvalue weighted by Crippen LogP contribution is 2.20. The lowest BCUT2D eigenvalue weighted by atomic mass is 9.98. The molecule has 0 fully saturated rings. The minimum Gasteiger partial charge on any atom is -0.492 e. The first kappa shape index (κ1) is 12.7. The third kappa shape index (κ3) is 2.90. The lowest BCUT2D eigenvalue weighted by Crippen LogP contribution is -2.20. The predicted molar refractivity (Wildman–Crippen MR) is 74.8 cm³/mol. The van der Waals surface area contributed by atoms with E-state index in [1.54, 1.807) is 0 Å². The Balaban J connectivity index is 2.04. The molecule has 2 heteroatoms. The Morgan fingerprint density at radius 1 is 1.00 bits per heavy atom. The summed E-state index contributed by atoms with van der Waals surface area (Å²) >= 11 is 0. The predicted octanol–water partition coefficient (Wildman–Crippen LogP) is 3.38. The van der Waals surface area contributed by atoms with Crippen molar-refractivity contribution in [1.29, 1.82) is 0 Å². The average Bonchev–Trinajstić information content (AvgIpc) is 2.40. The molecule has 2 nitrogen and oxygen atoms in total. The average molecular weight is 241 g/mol. The molecule has 94 valence electrons. The Labute approximate surface area is 108 Å². The van der Waals surface area contributed by atoms with Crippen LogP contribution in [0.25, 0.3) is 0 Å². The van der Waals surface area contributed by atoms with Gasteiger partial charge in [-0.3, -0.25) is 0 Å². The van der Waals surface area contributed by atoms with E-state index >= 15 is 0 Å². The van der Waals surface area contributed by atoms with E-state index in [0.29, 0.717) is 6.61 Å². The van der Waals surface area contributed by atoms with E-state index in [9.17, 15) is 0 Å². The molecule has 0 aliphatic heterocycles. The van der Waals surface area contributed by atoms with Crippen LogP contribution in [0.5, 0.6) is 5.75 Å². The maximum atomic E-state index is 6.19. The van der Waals surface area contributed by atoms with Crippen LogP contribution in [0.15, 0.2) is 48.5 Å². The van der Waals surface area contributed by atoms with Crippen LogP contribution in [0.3, 0.4) is 0 Å². The number of ether oxygens (including phenoxy) is 1. The lowest BCUT2D eigenvalue weighted by molar-refractivity contribution is 0.290. The first-order valence-corrected chi connectivity index (χ1v) is 6.18. The zero-order chi connectivity index (χ0) is 13.0. The van der Waals surface area contributed by atoms with Gasteiger partial charge in [0.25, 0.3) is 0 Å². The van der Waals surface area contributed by atoms with Gasteiger partial charge in [-0.1, -0.05) is 36.4 Å². The molecule has 0 aliphatic rings. The molecule has 0 saturated carbocycles. The number of rotatable bonds is 4. The molecule has 0 bridgehead atoms. The number of nitrogens with two attached hydrogens (primary N) is 1. The second kappa shape index (κ2) is 5.69. The first-order valence-electron chi connectivity index (χ1n) is 6.18. The fourth-order valence-electron chi connectivity index (χ4n) is 1.97. The van der Waals surface area contributed by atoms with Crippen molar-refractivity contribution in [3.05, 3.63) is 65.2 Å². The zero-order valence-corrected chi connectivity index (χ0v) is 10.9. The van der Waals surface area contributed by atoms with Crippen molar-refractivity contribution in [2.24, 2.45) is 5.73 Å². The minimum atomic E-state index is -0.0925. The molecule has 1 atom stereocenters. The fraction of sp³-hybridized carbons (Fsp3) is 0.250. The molecule has 2 N–H and O–H groups in total. The van der Waals surface area contributed by atoms with E-state index in [1.165, 1.54) is 11.1 Å². The third-order valence-electron chi connectivity index (χ3n) is 3.22. The van der Waals surface area contributed by atoms with Gasteiger partial charge in [-0.05, 0) is 42.7 Å². The van der Waals surface area contributed by atoms with Crippen molar-refractivity contribution in [2.75, 3.05) is 6.61 Å². The normalized spacial score (nSPS) is 12.2. The molecule has 2 rings (SSSR count). The molecule has 18 heavy (non-hydrogen) atoms. The van der Waals surface area contributed by atoms with Crippen molar-refractivity contribution in [1.82, 2.24) is 0 Å². The quantitative estimate of drug-likeness (QED) is 0.890. The topological polar surface area (TPSA) is 35.2 Å². The van der Waals surface area contributed by atoms with Crippen LogP contribution >= 0.6 is 0 Å². The van der Waals surface area contributed by atoms with Gasteiger partial charge in [0.1, 0.15) is 12.4 Å². The smallest absolute Gasteiger partial charge is 0.119 e. The summed E-state index contributed by atoms with van der Waals surface area (Å²) in [6.45, 7) is 4.70. The van der Waals surface area contributed by atoms with E-state index in [1.807, 2.05) is 36.4 Å². The summed E-state index contributed by atoms with van der Waals surface area (Å²) < 4.78 is 5.69. The number of aryl methyl sites for hydroxylation is 1. The van der Waals surface area contributed by atoms with Gasteiger partial charge >= 0.3 is 0 Å². The van der Waals surface area contributed by atoms with Gasteiger partial charge in [-0.15, -0.1) is 0 Å². The summed E-state index contributed by atoms with van der Waals surface area (Å²) in [6.07, 6.45) is 0. The molecule has 2 aromatic rings. The minimum absolute atomic E-state index is 0.0925. The van der Waals surface area contributed by atoms with Gasteiger partial charge in [0.05, 0.1) is 6.04 Å². The third-order valence-corrected chi connectivity index (χ3v) is 3.22. The Kier molecular flexibility index (Phi) is 4.00. The molecular weight excluding hydrogens is 222 g/mol. The van der Waals surface area contributed by atoms with Crippen LogP contribution in [0.2, 0.25) is 0 Å². The van der Waals surface area contributed by atoms with Crippen LogP contribution in [0.4, 0.5) is 0 Å². The van der Waals surface area contributed by atoms with Crippen molar-refractivity contribution in [2.45, 2.75) is 19.9 Å². The van der Waals surface area contributed by atoms with Crippen molar-refractivity contribution >= 4 is 0 Å². The Bertz CT molecular complexity index is 508. The molecule has 0 amide bonds. The van der Waals surface area contributed by atoms with Crippen LogP contribution in [-0.2, 0) is 0 Å². The van der Waals surface area contributed by atoms with Gasteiger partial charge in [0.2, 0.25) is 0 Å². The molecule has 0 radical (unpaired) electrons. The lowest BCUT2D eigenvalue weighted by Gasteiger charge is -2.17. The Hall–Kier alpha value is -1.80. The Morgan fingerprint density at radius 3 is 2.44 bits per heavy atom. The van der Waals surface area contributed by atoms with Gasteiger partial charge in [-0.2, -0.15) is 0 Å². The van der Waals surface area contributed by atoms with Gasteiger partial charge in [-0.25, -0.2) is 0 Å². The van der Waals surface area contributed by atoms with E-state index in [-0.39, 0.29) is 6.04 Å². The highest BCUT2D eigenvalue weighted by molar-refractivity contribution is 5.35. The van der Waals surface area contributed by atoms with E-state index in [4.69, 9.17) is 10.5 Å². The number of para-hydroxylation sites is 1. The maximum Gasteiger partial charge on any atom is 0.119 e. The number of hydrogen-bond donors (Lipinski definition) is 1. The van der Waals surface area contributed by atoms with E-state index in [2.05, 4.69) is 26.0 Å². The van der Waals surface area contributed by atoms with Gasteiger partial charge in [0, 0.05) is 0 Å². The second-order valence-corrected chi connectivity index (χ2v) is 4.52. The number of hydrogen-bond acceptors (Lipinski definition) is 2. The molecule has 0 heterocycles. The van der Waals surface area contributed by atoms with Crippen LogP contribution in [-0.4, -0.2) is 6.61 Å². The highest BCUT2D eigenvalue weighted by Gasteiger charge is 2.10. The standard InChI is InChI=1S/C16H19NO/c1-12-7-6-10-15(13(12)2)16(17)11-18-14-8-4-3-5-9-14/h3-10,16H,11,17H2,1-2H3. The molecular formula is C16H19NO. The zero-order valence-electron chi connectivity index (χ0n) is 10.9. The highest BCUT2D eigenvalue weighted by atomic mass is 16.5. The summed E-state index contributed by atoms with van der Waals surface area (Å²) in [5, 5.41) is 0. The fourth-order valence-corrected chi connectivity index (χ4v) is 1.97. The van der Waals surface area contributed by atoms with Crippen molar-refractivity contribution in [3.8, 4) is 5.75 Å². The van der Waals surface area contributed by atoms with Crippen molar-refractivity contribution < 1.29 is 4.74 Å². The van der Waals surface area contributed by atoms with Gasteiger partial charge < -0.3 is 10.5 Å². The monoisotopic (exact) mass is 241 g/mol. The summed E-state index contributed by atoms with van der Waals surface area (Å²) in [5.74, 6) is 0.859. The summed E-state index contributed by atoms with van der Waals surface area (Å²) in [7, 11) is 0. The summed E-state index contributed by atoms with van der Waals surface area (Å²) in [4.78, 5) is 0. The molecule has 2 aromatic carbocycles. The molecule has 0 aromatic heterocycles.